The molecule has 5 heteroatoms. The van der Waals surface area contributed by atoms with Gasteiger partial charge in [0.1, 0.15) is 0 Å². The number of hydrogen-bond donors (Lipinski definition) is 1. The van der Waals surface area contributed by atoms with Gasteiger partial charge in [-0.2, -0.15) is 0 Å². The van der Waals surface area contributed by atoms with Gasteiger partial charge in [0.25, 0.3) is 0 Å². The van der Waals surface area contributed by atoms with Gasteiger partial charge < -0.3 is 4.84 Å². The van der Waals surface area contributed by atoms with Gasteiger partial charge in [-0.15, -0.1) is 6.58 Å². The summed E-state index contributed by atoms with van der Waals surface area (Å²) in [5.74, 6) is 0.702. The molecule has 0 atom stereocenters. The zero-order valence-corrected chi connectivity index (χ0v) is 6.83. The maximum atomic E-state index is 9.61. The van der Waals surface area contributed by atoms with Gasteiger partial charge in [-0.3, -0.25) is 4.79 Å². The fraction of sp³-hybridized carbons (Fsp3) is 0.200. The quantitative estimate of drug-likeness (QED) is 0.298. The summed E-state index contributed by atoms with van der Waals surface area (Å²) in [6.45, 7) is 3.77. The smallest absolute Gasteiger partial charge is 0.320 e. The molecule has 0 aromatic heterocycles. The van der Waals surface area contributed by atoms with Gasteiger partial charge in [0.05, 0.1) is 0 Å². The summed E-state index contributed by atoms with van der Waals surface area (Å²) in [6, 6.07) is 0. The third kappa shape index (κ3) is 5.58. The van der Waals surface area contributed by atoms with Crippen LogP contribution in [0.4, 0.5) is 0 Å². The third-order valence-electron chi connectivity index (χ3n) is 0.523. The lowest BCUT2D eigenvalue weighted by Gasteiger charge is -2.00. The highest BCUT2D eigenvalue weighted by Crippen LogP contribution is 2.00. The lowest BCUT2D eigenvalue weighted by molar-refractivity contribution is -0.132. The van der Waals surface area contributed by atoms with E-state index in [1.54, 1.807) is 6.08 Å². The molecule has 0 heterocycles. The molecule has 0 unspecified atom stereocenters. The number of thiocarbonyl (C=S) groups is 1. The van der Waals surface area contributed by atoms with Crippen molar-refractivity contribution in [1.29, 1.82) is 0 Å². The molecule has 0 saturated carbocycles. The molecule has 0 spiro atoms. The fourth-order valence-electron chi connectivity index (χ4n) is 0.236. The predicted molar refractivity (Wildman–Crippen MR) is 45.5 cm³/mol. The largest absolute Gasteiger partial charge is 0.346 e. The number of hydrogen-bond acceptors (Lipinski definition) is 4. The van der Waals surface area contributed by atoms with Crippen molar-refractivity contribution < 1.29 is 9.63 Å². The van der Waals surface area contributed by atoms with E-state index in [9.17, 15) is 4.79 Å². The van der Waals surface area contributed by atoms with Crippen LogP contribution in [-0.2, 0) is 9.63 Å². The second-order valence-electron chi connectivity index (χ2n) is 1.20. The van der Waals surface area contributed by atoms with Crippen LogP contribution in [0.5, 0.6) is 0 Å². The topological polar surface area (TPSA) is 38.3 Å². The molecule has 0 rings (SSSR count). The molecule has 0 aliphatic carbocycles. The van der Waals surface area contributed by atoms with E-state index in [0.717, 1.165) is 0 Å². The van der Waals surface area contributed by atoms with Crippen LogP contribution < -0.4 is 5.48 Å². The molecule has 0 saturated heterocycles. The number of thioether (sulfide) groups is 1. The summed E-state index contributed by atoms with van der Waals surface area (Å²) in [4.78, 5) is 13.8. The van der Waals surface area contributed by atoms with Crippen molar-refractivity contribution in [2.45, 2.75) is 0 Å². The van der Waals surface area contributed by atoms with Gasteiger partial charge >= 0.3 is 6.47 Å². The van der Waals surface area contributed by atoms with Crippen molar-refractivity contribution in [2.75, 3.05) is 5.75 Å². The summed E-state index contributed by atoms with van der Waals surface area (Å²) >= 11 is 6.04. The van der Waals surface area contributed by atoms with Crippen molar-refractivity contribution in [1.82, 2.24) is 5.48 Å². The lowest BCUT2D eigenvalue weighted by atomic mass is 10.8. The highest BCUT2D eigenvalue weighted by Gasteiger charge is 1.92. The van der Waals surface area contributed by atoms with E-state index < -0.39 is 0 Å². The molecule has 0 fully saturated rings. The summed E-state index contributed by atoms with van der Waals surface area (Å²) in [7, 11) is 0. The van der Waals surface area contributed by atoms with Gasteiger partial charge in [-0.1, -0.05) is 17.8 Å². The normalized spacial score (nSPS) is 8.00. The van der Waals surface area contributed by atoms with Gasteiger partial charge in [0, 0.05) is 5.75 Å². The van der Waals surface area contributed by atoms with E-state index >= 15 is 0 Å². The average Bonchev–Trinajstić information content (AvgIpc) is 1.97. The van der Waals surface area contributed by atoms with Crippen molar-refractivity contribution >= 4 is 34.8 Å². The summed E-state index contributed by atoms with van der Waals surface area (Å²) in [5, 5.41) is 0. The average molecular weight is 177 g/mol. The first-order valence-electron chi connectivity index (χ1n) is 2.44. The first-order chi connectivity index (χ1) is 4.81. The van der Waals surface area contributed by atoms with Crippen LogP contribution in [0.3, 0.4) is 0 Å². The maximum absolute atomic E-state index is 9.61. The van der Waals surface area contributed by atoms with Crippen LogP contribution in [0, 0.1) is 0 Å². The Hall–Kier alpha value is -0.550. The SMILES string of the molecule is C=CCSC(=S)NOC=O. The molecule has 1 N–H and O–H groups in total. The summed E-state index contributed by atoms with van der Waals surface area (Å²) in [5.41, 5.74) is 2.25. The molecular formula is C5H7NO2S2. The molecule has 3 nitrogen and oxygen atoms in total. The van der Waals surface area contributed by atoms with Gasteiger partial charge in [-0.05, 0) is 12.2 Å². The number of hydroxylamine groups is 1. The van der Waals surface area contributed by atoms with Crippen molar-refractivity contribution in [3.05, 3.63) is 12.7 Å². The number of carbonyl (C=O) groups excluding carboxylic acids is 1. The van der Waals surface area contributed by atoms with Crippen molar-refractivity contribution in [3.8, 4) is 0 Å². The first-order valence-corrected chi connectivity index (χ1v) is 3.83. The third-order valence-corrected chi connectivity index (χ3v) is 1.71. The molecule has 0 radical (unpaired) electrons. The molecule has 56 valence electrons. The van der Waals surface area contributed by atoms with Crippen molar-refractivity contribution in [3.63, 3.8) is 0 Å². The standard InChI is InChI=1S/C5H7NO2S2/c1-2-3-10-5(9)6-8-4-7/h2,4H,1,3H2,(H,6,9). The Morgan fingerprint density at radius 2 is 2.60 bits per heavy atom. The van der Waals surface area contributed by atoms with Crippen molar-refractivity contribution in [2.24, 2.45) is 0 Å². The second-order valence-corrected chi connectivity index (χ2v) is 2.90. The Balaban J connectivity index is 3.24. The van der Waals surface area contributed by atoms with E-state index in [2.05, 4.69) is 16.9 Å². The van der Waals surface area contributed by atoms with E-state index in [-0.39, 0.29) is 6.47 Å². The van der Waals surface area contributed by atoms with E-state index in [1.165, 1.54) is 11.8 Å². The van der Waals surface area contributed by atoms with Crippen LogP contribution in [0.1, 0.15) is 0 Å². The molecule has 0 bridgehead atoms. The molecule has 0 aromatic carbocycles. The summed E-state index contributed by atoms with van der Waals surface area (Å²) in [6.07, 6.45) is 1.71. The molecular weight excluding hydrogens is 170 g/mol. The predicted octanol–water partition coefficient (Wildman–Crippen LogP) is 0.868. The Morgan fingerprint density at radius 3 is 3.10 bits per heavy atom. The Morgan fingerprint density at radius 1 is 1.90 bits per heavy atom. The maximum Gasteiger partial charge on any atom is 0.320 e. The Bertz CT molecular complexity index is 124. The second kappa shape index (κ2) is 6.57. The molecule has 0 aliphatic rings. The molecule has 0 aromatic rings. The first kappa shape index (κ1) is 9.45. The minimum Gasteiger partial charge on any atom is -0.346 e. The van der Waals surface area contributed by atoms with Gasteiger partial charge in [-0.25, -0.2) is 5.48 Å². The van der Waals surface area contributed by atoms with Crippen LogP contribution in [-0.4, -0.2) is 16.5 Å². The van der Waals surface area contributed by atoms with Gasteiger partial charge in [0.15, 0.2) is 4.32 Å². The Kier molecular flexibility index (Phi) is 6.21. The monoisotopic (exact) mass is 177 g/mol. The van der Waals surface area contributed by atoms with E-state index in [0.29, 0.717) is 10.1 Å². The van der Waals surface area contributed by atoms with Crippen LogP contribution in [0.2, 0.25) is 0 Å². The number of rotatable bonds is 4. The minimum atomic E-state index is 0.279. The zero-order valence-electron chi connectivity index (χ0n) is 5.20. The number of nitrogens with one attached hydrogen (secondary N) is 1. The van der Waals surface area contributed by atoms with E-state index in [1.807, 2.05) is 0 Å². The number of carbonyl (C=O) groups is 1. The summed E-state index contributed by atoms with van der Waals surface area (Å²) < 4.78 is 0.423. The zero-order chi connectivity index (χ0) is 7.82. The molecule has 0 amide bonds. The lowest BCUT2D eigenvalue weighted by Crippen LogP contribution is -2.17. The van der Waals surface area contributed by atoms with Crippen LogP contribution in [0.15, 0.2) is 12.7 Å². The van der Waals surface area contributed by atoms with Gasteiger partial charge in [0.2, 0.25) is 0 Å². The Labute approximate surface area is 68.8 Å². The molecule has 10 heavy (non-hydrogen) atoms. The fourth-order valence-corrected chi connectivity index (χ4v) is 0.865. The highest BCUT2D eigenvalue weighted by atomic mass is 32.2. The van der Waals surface area contributed by atoms with Crippen LogP contribution in [0.25, 0.3) is 0 Å². The minimum absolute atomic E-state index is 0.279. The molecule has 0 aliphatic heterocycles. The van der Waals surface area contributed by atoms with Crippen LogP contribution >= 0.6 is 24.0 Å². The van der Waals surface area contributed by atoms with E-state index in [4.69, 9.17) is 12.2 Å². The highest BCUT2D eigenvalue weighted by molar-refractivity contribution is 8.23.